The molecule has 1 aromatic rings. The van der Waals surface area contributed by atoms with Crippen LogP contribution in [0.1, 0.15) is 17.3 Å². The van der Waals surface area contributed by atoms with Gasteiger partial charge in [-0.2, -0.15) is 0 Å². The number of carbonyl (C=O) groups is 1. The van der Waals surface area contributed by atoms with Crippen LogP contribution in [0.5, 0.6) is 0 Å². The number of carbonyl (C=O) groups excluding carboxylic acids is 1. The van der Waals surface area contributed by atoms with E-state index in [1.54, 1.807) is 6.92 Å². The number of amides is 1. The fraction of sp³-hybridized carbons (Fsp3) is 0.273. The van der Waals surface area contributed by atoms with Crippen molar-refractivity contribution in [1.29, 1.82) is 0 Å². The molecule has 1 amide bonds. The van der Waals surface area contributed by atoms with Crippen molar-refractivity contribution in [2.24, 2.45) is 0 Å². The molecule has 16 heavy (non-hydrogen) atoms. The Hall–Kier alpha value is -1.60. The summed E-state index contributed by atoms with van der Waals surface area (Å²) in [6.07, 6.45) is 6.08. The number of halogens is 2. The van der Waals surface area contributed by atoms with Crippen molar-refractivity contribution in [1.82, 2.24) is 9.88 Å². The highest BCUT2D eigenvalue weighted by Gasteiger charge is 2.17. The summed E-state index contributed by atoms with van der Waals surface area (Å²) in [4.78, 5) is 16.8. The summed E-state index contributed by atoms with van der Waals surface area (Å²) in [5.41, 5.74) is 0.0266. The molecule has 0 saturated heterocycles. The zero-order valence-electron chi connectivity index (χ0n) is 8.70. The monoisotopic (exact) mass is 240 g/mol. The fourth-order valence-electron chi connectivity index (χ4n) is 1.18. The third kappa shape index (κ3) is 2.71. The molecule has 0 aliphatic carbocycles. The maximum atomic E-state index is 12.9. The van der Waals surface area contributed by atoms with Crippen LogP contribution in [-0.2, 0) is 0 Å². The van der Waals surface area contributed by atoms with Gasteiger partial charge in [-0.1, -0.05) is 17.5 Å². The Balaban J connectivity index is 3.03. The van der Waals surface area contributed by atoms with Crippen molar-refractivity contribution in [3.8, 4) is 12.3 Å². The van der Waals surface area contributed by atoms with Crippen LogP contribution in [0.4, 0.5) is 4.39 Å². The summed E-state index contributed by atoms with van der Waals surface area (Å²) in [5.74, 6) is 1.33. The number of rotatable bonds is 3. The molecular formula is C11H10ClFN2O. The van der Waals surface area contributed by atoms with Crippen molar-refractivity contribution < 1.29 is 9.18 Å². The average molecular weight is 241 g/mol. The molecule has 5 heteroatoms. The summed E-state index contributed by atoms with van der Waals surface area (Å²) in [6, 6.07) is 1.05. The molecule has 1 aromatic heterocycles. The van der Waals surface area contributed by atoms with Crippen LogP contribution in [0, 0.1) is 18.2 Å². The van der Waals surface area contributed by atoms with Gasteiger partial charge in [-0.05, 0) is 13.0 Å². The van der Waals surface area contributed by atoms with Gasteiger partial charge in [0.25, 0.3) is 5.91 Å². The Morgan fingerprint density at radius 3 is 3.00 bits per heavy atom. The molecule has 1 rings (SSSR count). The number of nitrogens with zero attached hydrogens (tertiary/aromatic N) is 2. The van der Waals surface area contributed by atoms with E-state index >= 15 is 0 Å². The normalized spacial score (nSPS) is 9.62. The highest BCUT2D eigenvalue weighted by atomic mass is 35.5. The van der Waals surface area contributed by atoms with Crippen LogP contribution in [0.2, 0.25) is 5.15 Å². The maximum Gasteiger partial charge on any atom is 0.257 e. The average Bonchev–Trinajstić information content (AvgIpc) is 2.28. The summed E-state index contributed by atoms with van der Waals surface area (Å²) in [5, 5.41) is -0.0260. The van der Waals surface area contributed by atoms with Crippen molar-refractivity contribution in [2.45, 2.75) is 6.92 Å². The number of aromatic nitrogens is 1. The topological polar surface area (TPSA) is 33.2 Å². The van der Waals surface area contributed by atoms with E-state index in [0.717, 1.165) is 12.3 Å². The largest absolute Gasteiger partial charge is 0.328 e. The molecule has 84 valence electrons. The zero-order chi connectivity index (χ0) is 12.1. The van der Waals surface area contributed by atoms with Crippen LogP contribution in [-0.4, -0.2) is 28.9 Å². The molecular weight excluding hydrogens is 231 g/mol. The summed E-state index contributed by atoms with van der Waals surface area (Å²) >= 11 is 5.72. The molecule has 0 bridgehead atoms. The van der Waals surface area contributed by atoms with Crippen molar-refractivity contribution in [3.63, 3.8) is 0 Å². The SMILES string of the molecule is C#CCN(CC)C(=O)c1cc(F)cnc1Cl. The number of terminal acetylenes is 1. The molecule has 0 fully saturated rings. The molecule has 0 saturated carbocycles. The molecule has 0 N–H and O–H groups in total. The molecule has 3 nitrogen and oxygen atoms in total. The van der Waals surface area contributed by atoms with E-state index in [1.165, 1.54) is 4.90 Å². The molecule has 1 heterocycles. The van der Waals surface area contributed by atoms with Crippen molar-refractivity contribution in [2.75, 3.05) is 13.1 Å². The molecule has 0 radical (unpaired) electrons. The Kier molecular flexibility index (Phi) is 4.27. The molecule has 0 aromatic carbocycles. The lowest BCUT2D eigenvalue weighted by atomic mass is 10.2. The minimum absolute atomic E-state index is 0.0260. The lowest BCUT2D eigenvalue weighted by Gasteiger charge is -2.18. The maximum absolute atomic E-state index is 12.9. The Labute approximate surface area is 98.2 Å². The van der Waals surface area contributed by atoms with Crippen LogP contribution in [0.3, 0.4) is 0 Å². The van der Waals surface area contributed by atoms with Gasteiger partial charge in [0.1, 0.15) is 11.0 Å². The molecule has 0 atom stereocenters. The highest BCUT2D eigenvalue weighted by Crippen LogP contribution is 2.15. The second kappa shape index (κ2) is 5.47. The highest BCUT2D eigenvalue weighted by molar-refractivity contribution is 6.32. The zero-order valence-corrected chi connectivity index (χ0v) is 9.46. The van der Waals surface area contributed by atoms with Gasteiger partial charge in [0.2, 0.25) is 0 Å². The van der Waals surface area contributed by atoms with E-state index in [1.807, 2.05) is 0 Å². The van der Waals surface area contributed by atoms with E-state index in [4.69, 9.17) is 18.0 Å². The van der Waals surface area contributed by atoms with Crippen LogP contribution < -0.4 is 0 Å². The van der Waals surface area contributed by atoms with E-state index in [0.29, 0.717) is 6.54 Å². The lowest BCUT2D eigenvalue weighted by molar-refractivity contribution is 0.0784. The van der Waals surface area contributed by atoms with Gasteiger partial charge in [0.15, 0.2) is 0 Å². The van der Waals surface area contributed by atoms with Gasteiger partial charge in [0, 0.05) is 6.54 Å². The predicted octanol–water partition coefficient (Wildman–Crippen LogP) is 1.97. The standard InChI is InChI=1S/C11H10ClFN2O/c1-3-5-15(4-2)11(16)9-6-8(13)7-14-10(9)12/h1,6-7H,4-5H2,2H3. The van der Waals surface area contributed by atoms with Crippen molar-refractivity contribution in [3.05, 3.63) is 28.8 Å². The third-order valence-electron chi connectivity index (χ3n) is 1.99. The first-order valence-electron chi connectivity index (χ1n) is 4.64. The van der Waals surface area contributed by atoms with Crippen LogP contribution in [0.25, 0.3) is 0 Å². The summed E-state index contributed by atoms with van der Waals surface area (Å²) in [6.45, 7) is 2.36. The fourth-order valence-corrected chi connectivity index (χ4v) is 1.36. The smallest absolute Gasteiger partial charge is 0.257 e. The van der Waals surface area contributed by atoms with Crippen LogP contribution >= 0.6 is 11.6 Å². The van der Waals surface area contributed by atoms with E-state index < -0.39 is 11.7 Å². The first-order chi connectivity index (χ1) is 7.60. The minimum Gasteiger partial charge on any atom is -0.328 e. The van der Waals surface area contributed by atoms with Crippen LogP contribution in [0.15, 0.2) is 12.3 Å². The molecule has 0 aliphatic rings. The third-order valence-corrected chi connectivity index (χ3v) is 2.29. The Bertz CT molecular complexity index is 442. The Morgan fingerprint density at radius 2 is 2.44 bits per heavy atom. The van der Waals surface area contributed by atoms with E-state index in [9.17, 15) is 9.18 Å². The Morgan fingerprint density at radius 1 is 1.75 bits per heavy atom. The molecule has 0 aliphatic heterocycles. The van der Waals surface area contributed by atoms with Gasteiger partial charge < -0.3 is 4.90 Å². The first-order valence-corrected chi connectivity index (χ1v) is 5.01. The van der Waals surface area contributed by atoms with Gasteiger partial charge >= 0.3 is 0 Å². The second-order valence-electron chi connectivity index (χ2n) is 3.02. The van der Waals surface area contributed by atoms with E-state index in [-0.39, 0.29) is 17.3 Å². The van der Waals surface area contributed by atoms with Gasteiger partial charge in [-0.15, -0.1) is 6.42 Å². The van der Waals surface area contributed by atoms with Gasteiger partial charge in [0.05, 0.1) is 18.3 Å². The predicted molar refractivity (Wildman–Crippen MR) is 59.6 cm³/mol. The van der Waals surface area contributed by atoms with Gasteiger partial charge in [-0.3, -0.25) is 4.79 Å². The quantitative estimate of drug-likeness (QED) is 0.598. The summed E-state index contributed by atoms with van der Waals surface area (Å²) < 4.78 is 12.9. The van der Waals surface area contributed by atoms with E-state index in [2.05, 4.69) is 10.9 Å². The minimum atomic E-state index is -0.607. The number of pyridine rings is 1. The number of hydrogen-bond donors (Lipinski definition) is 0. The summed E-state index contributed by atoms with van der Waals surface area (Å²) in [7, 11) is 0. The molecule has 0 unspecified atom stereocenters. The number of hydrogen-bond acceptors (Lipinski definition) is 2. The van der Waals surface area contributed by atoms with Gasteiger partial charge in [-0.25, -0.2) is 9.37 Å². The second-order valence-corrected chi connectivity index (χ2v) is 3.37. The van der Waals surface area contributed by atoms with Crippen molar-refractivity contribution >= 4 is 17.5 Å². The molecule has 0 spiro atoms. The first kappa shape index (κ1) is 12.5. The lowest BCUT2D eigenvalue weighted by Crippen LogP contribution is -2.31.